The number of guanidine groups is 1. The van der Waals surface area contributed by atoms with Crippen molar-refractivity contribution in [3.8, 4) is 11.5 Å². The first-order chi connectivity index (χ1) is 12.6. The summed E-state index contributed by atoms with van der Waals surface area (Å²) in [6, 6.07) is 11.9. The van der Waals surface area contributed by atoms with Crippen LogP contribution in [0.25, 0.3) is 0 Å². The van der Waals surface area contributed by atoms with Gasteiger partial charge >= 0.3 is 0 Å². The predicted molar refractivity (Wildman–Crippen MR) is 106 cm³/mol. The number of ether oxygens (including phenoxy) is 2. The molecule has 5 nitrogen and oxygen atoms in total. The van der Waals surface area contributed by atoms with E-state index < -0.39 is 0 Å². The van der Waals surface area contributed by atoms with Gasteiger partial charge in [-0.25, -0.2) is 4.39 Å². The van der Waals surface area contributed by atoms with E-state index in [1.807, 2.05) is 32.0 Å². The molecule has 26 heavy (non-hydrogen) atoms. The maximum absolute atomic E-state index is 12.9. The van der Waals surface area contributed by atoms with Crippen LogP contribution in [-0.2, 0) is 0 Å². The number of nitrogens with zero attached hydrogens (tertiary/aromatic N) is 1. The van der Waals surface area contributed by atoms with Gasteiger partial charge in [-0.1, -0.05) is 0 Å². The average Bonchev–Trinajstić information content (AvgIpc) is 2.63. The Morgan fingerprint density at radius 2 is 1.85 bits per heavy atom. The van der Waals surface area contributed by atoms with Crippen LogP contribution in [0, 0.1) is 5.82 Å². The molecular weight excluding hydrogens is 353 g/mol. The van der Waals surface area contributed by atoms with Crippen LogP contribution in [0.15, 0.2) is 52.4 Å². The zero-order valence-electron chi connectivity index (χ0n) is 15.0. The van der Waals surface area contributed by atoms with Gasteiger partial charge in [-0.3, -0.25) is 4.99 Å². The standard InChI is InChI=1S/C19H24FN3O2S/c1-3-24-15-7-10-18(25-4-2)17(13-15)23-19(21)22-11-12-26-16-8-5-14(20)6-9-16/h5-10,13H,3-4,11-12H2,1-2H3,(H3,21,22,23). The van der Waals surface area contributed by atoms with Crippen molar-refractivity contribution < 1.29 is 13.9 Å². The van der Waals surface area contributed by atoms with E-state index in [1.165, 1.54) is 12.1 Å². The number of benzene rings is 2. The van der Waals surface area contributed by atoms with Crippen molar-refractivity contribution in [2.75, 3.05) is 30.8 Å². The van der Waals surface area contributed by atoms with Gasteiger partial charge in [-0.05, 0) is 50.2 Å². The molecule has 7 heteroatoms. The quantitative estimate of drug-likeness (QED) is 0.297. The van der Waals surface area contributed by atoms with Gasteiger partial charge in [0.05, 0.1) is 25.4 Å². The second-order valence-corrected chi connectivity index (χ2v) is 6.39. The fourth-order valence-electron chi connectivity index (χ4n) is 2.18. The molecule has 0 saturated carbocycles. The Kier molecular flexibility index (Phi) is 8.08. The second-order valence-electron chi connectivity index (χ2n) is 5.22. The Hall–Kier alpha value is -2.41. The number of nitrogens with one attached hydrogen (secondary N) is 1. The lowest BCUT2D eigenvalue weighted by Gasteiger charge is -2.14. The molecule has 0 aliphatic rings. The van der Waals surface area contributed by atoms with Crippen LogP contribution in [0.4, 0.5) is 10.1 Å². The third kappa shape index (κ3) is 6.48. The average molecular weight is 377 g/mol. The third-order valence-corrected chi connectivity index (χ3v) is 4.27. The minimum absolute atomic E-state index is 0.236. The fraction of sp³-hybridized carbons (Fsp3) is 0.316. The summed E-state index contributed by atoms with van der Waals surface area (Å²) in [5.74, 6) is 2.23. The van der Waals surface area contributed by atoms with Crippen molar-refractivity contribution in [2.45, 2.75) is 18.7 Å². The lowest BCUT2D eigenvalue weighted by Crippen LogP contribution is -2.23. The summed E-state index contributed by atoms with van der Waals surface area (Å²) in [4.78, 5) is 5.32. The Morgan fingerprint density at radius 3 is 2.54 bits per heavy atom. The van der Waals surface area contributed by atoms with Crippen molar-refractivity contribution in [2.24, 2.45) is 10.7 Å². The molecule has 0 spiro atoms. The van der Waals surface area contributed by atoms with Crippen LogP contribution in [-0.4, -0.2) is 31.5 Å². The molecule has 0 fully saturated rings. The van der Waals surface area contributed by atoms with E-state index in [-0.39, 0.29) is 5.82 Å². The number of nitrogens with two attached hydrogens (primary N) is 1. The van der Waals surface area contributed by atoms with E-state index in [4.69, 9.17) is 15.2 Å². The third-order valence-electron chi connectivity index (χ3n) is 3.28. The first-order valence-corrected chi connectivity index (χ1v) is 9.46. The van der Waals surface area contributed by atoms with Gasteiger partial charge in [0, 0.05) is 16.7 Å². The summed E-state index contributed by atoms with van der Waals surface area (Å²) in [6.45, 7) is 5.52. The summed E-state index contributed by atoms with van der Waals surface area (Å²) < 4.78 is 24.0. The molecule has 2 aromatic carbocycles. The van der Waals surface area contributed by atoms with E-state index in [2.05, 4.69) is 10.3 Å². The number of thioether (sulfide) groups is 1. The van der Waals surface area contributed by atoms with Crippen molar-refractivity contribution in [3.63, 3.8) is 0 Å². The highest BCUT2D eigenvalue weighted by Crippen LogP contribution is 2.29. The first kappa shape index (κ1) is 19.9. The first-order valence-electron chi connectivity index (χ1n) is 8.47. The SMILES string of the molecule is CCOc1ccc(OCC)c(NC(N)=NCCSc2ccc(F)cc2)c1. The Balaban J connectivity index is 1.92. The lowest BCUT2D eigenvalue weighted by molar-refractivity contribution is 0.332. The van der Waals surface area contributed by atoms with Gasteiger partial charge in [0.2, 0.25) is 0 Å². The lowest BCUT2D eigenvalue weighted by atomic mass is 10.2. The highest BCUT2D eigenvalue weighted by molar-refractivity contribution is 7.99. The number of anilines is 1. The molecule has 0 heterocycles. The fourth-order valence-corrected chi connectivity index (χ4v) is 2.93. The van der Waals surface area contributed by atoms with E-state index >= 15 is 0 Å². The van der Waals surface area contributed by atoms with Crippen molar-refractivity contribution in [1.82, 2.24) is 0 Å². The van der Waals surface area contributed by atoms with Gasteiger partial charge in [0.1, 0.15) is 17.3 Å². The number of aliphatic imine (C=N–C) groups is 1. The van der Waals surface area contributed by atoms with Crippen LogP contribution < -0.4 is 20.5 Å². The molecule has 0 saturated heterocycles. The van der Waals surface area contributed by atoms with Crippen LogP contribution >= 0.6 is 11.8 Å². The molecule has 0 aliphatic heterocycles. The second kappa shape index (κ2) is 10.6. The summed E-state index contributed by atoms with van der Waals surface area (Å²) in [5.41, 5.74) is 6.69. The molecule has 0 amide bonds. The van der Waals surface area contributed by atoms with E-state index in [0.717, 1.165) is 16.4 Å². The van der Waals surface area contributed by atoms with Crippen molar-refractivity contribution in [3.05, 3.63) is 48.3 Å². The Morgan fingerprint density at radius 1 is 1.12 bits per heavy atom. The zero-order valence-corrected chi connectivity index (χ0v) is 15.8. The summed E-state index contributed by atoms with van der Waals surface area (Å²) in [6.07, 6.45) is 0. The van der Waals surface area contributed by atoms with Crippen molar-refractivity contribution >= 4 is 23.4 Å². The van der Waals surface area contributed by atoms with Crippen LogP contribution in [0.3, 0.4) is 0 Å². The number of hydrogen-bond acceptors (Lipinski definition) is 4. The molecule has 140 valence electrons. The molecule has 0 aliphatic carbocycles. The molecule has 0 aromatic heterocycles. The Bertz CT molecular complexity index is 723. The minimum Gasteiger partial charge on any atom is -0.494 e. The van der Waals surface area contributed by atoms with Gasteiger partial charge in [-0.15, -0.1) is 11.8 Å². The molecule has 0 unspecified atom stereocenters. The van der Waals surface area contributed by atoms with Gasteiger partial charge < -0.3 is 20.5 Å². The van der Waals surface area contributed by atoms with Gasteiger partial charge in [0.15, 0.2) is 5.96 Å². The van der Waals surface area contributed by atoms with Crippen LogP contribution in [0.5, 0.6) is 11.5 Å². The smallest absolute Gasteiger partial charge is 0.193 e. The van der Waals surface area contributed by atoms with Crippen LogP contribution in [0.2, 0.25) is 0 Å². The molecule has 0 bridgehead atoms. The highest BCUT2D eigenvalue weighted by atomic mass is 32.2. The number of halogens is 1. The molecule has 0 radical (unpaired) electrons. The molecule has 2 aromatic rings. The van der Waals surface area contributed by atoms with Gasteiger partial charge in [-0.2, -0.15) is 0 Å². The predicted octanol–water partition coefficient (Wildman–Crippen LogP) is 4.14. The number of hydrogen-bond donors (Lipinski definition) is 2. The largest absolute Gasteiger partial charge is 0.494 e. The number of rotatable bonds is 9. The van der Waals surface area contributed by atoms with Crippen LogP contribution in [0.1, 0.15) is 13.8 Å². The molecule has 0 atom stereocenters. The van der Waals surface area contributed by atoms with Crippen molar-refractivity contribution in [1.29, 1.82) is 0 Å². The van der Waals surface area contributed by atoms with E-state index in [9.17, 15) is 4.39 Å². The topological polar surface area (TPSA) is 68.9 Å². The highest BCUT2D eigenvalue weighted by Gasteiger charge is 2.07. The summed E-state index contributed by atoms with van der Waals surface area (Å²) in [5, 5.41) is 3.06. The molecule has 2 rings (SSSR count). The monoisotopic (exact) mass is 377 g/mol. The van der Waals surface area contributed by atoms with E-state index in [1.54, 1.807) is 23.9 Å². The normalized spacial score (nSPS) is 11.3. The molecular formula is C19H24FN3O2S. The zero-order chi connectivity index (χ0) is 18.8. The van der Waals surface area contributed by atoms with E-state index in [0.29, 0.717) is 37.2 Å². The summed E-state index contributed by atoms with van der Waals surface area (Å²) in [7, 11) is 0. The molecule has 3 N–H and O–H groups in total. The Labute approximate surface area is 157 Å². The minimum atomic E-state index is -0.236. The maximum Gasteiger partial charge on any atom is 0.193 e. The maximum atomic E-state index is 12.9. The summed E-state index contributed by atoms with van der Waals surface area (Å²) >= 11 is 1.60. The van der Waals surface area contributed by atoms with Gasteiger partial charge in [0.25, 0.3) is 0 Å².